The molecule has 4 atom stereocenters. The number of likely N-dealkylation sites (tertiary alicyclic amines) is 1. The van der Waals surface area contributed by atoms with Gasteiger partial charge in [-0.2, -0.15) is 0 Å². The van der Waals surface area contributed by atoms with Crippen molar-refractivity contribution in [3.05, 3.63) is 72.5 Å². The first-order valence-electron chi connectivity index (χ1n) is 11.0. The van der Waals surface area contributed by atoms with Crippen LogP contribution in [0.15, 0.2) is 71.3 Å². The number of carbonyl (C=O) groups is 1. The third-order valence-electron chi connectivity index (χ3n) is 6.66. The fourth-order valence-corrected chi connectivity index (χ4v) is 4.96. The molecule has 32 heavy (non-hydrogen) atoms. The van der Waals surface area contributed by atoms with Crippen molar-refractivity contribution in [2.75, 3.05) is 20.2 Å². The van der Waals surface area contributed by atoms with Crippen molar-refractivity contribution < 1.29 is 23.8 Å². The Balaban J connectivity index is 1.25. The third kappa shape index (κ3) is 3.98. The molecule has 2 heterocycles. The Bertz CT molecular complexity index is 1060. The van der Waals surface area contributed by atoms with Gasteiger partial charge in [-0.3, -0.25) is 4.79 Å². The molecule has 0 spiro atoms. The van der Waals surface area contributed by atoms with Crippen molar-refractivity contribution >= 4 is 5.91 Å². The van der Waals surface area contributed by atoms with Crippen LogP contribution >= 0.6 is 0 Å². The van der Waals surface area contributed by atoms with Gasteiger partial charge in [0.05, 0.1) is 19.5 Å². The highest BCUT2D eigenvalue weighted by Crippen LogP contribution is 2.39. The van der Waals surface area contributed by atoms with Crippen LogP contribution in [0.25, 0.3) is 11.3 Å². The summed E-state index contributed by atoms with van der Waals surface area (Å²) in [6.45, 7) is 1.35. The van der Waals surface area contributed by atoms with Gasteiger partial charge < -0.3 is 23.9 Å². The Labute approximate surface area is 187 Å². The van der Waals surface area contributed by atoms with Gasteiger partial charge in [0.25, 0.3) is 5.91 Å². The topological polar surface area (TPSA) is 72.1 Å². The average molecular weight is 434 g/mol. The molecule has 0 radical (unpaired) electrons. The van der Waals surface area contributed by atoms with Gasteiger partial charge in [-0.15, -0.1) is 0 Å². The van der Waals surface area contributed by atoms with E-state index in [0.29, 0.717) is 48.9 Å². The van der Waals surface area contributed by atoms with Gasteiger partial charge in [0.1, 0.15) is 11.9 Å². The number of furan rings is 1. The van der Waals surface area contributed by atoms with Gasteiger partial charge in [-0.25, -0.2) is 0 Å². The minimum absolute atomic E-state index is 0.0297. The van der Waals surface area contributed by atoms with Gasteiger partial charge in [0.15, 0.2) is 11.5 Å². The van der Waals surface area contributed by atoms with E-state index in [1.165, 1.54) is 0 Å². The van der Waals surface area contributed by atoms with E-state index in [-0.39, 0.29) is 17.9 Å². The van der Waals surface area contributed by atoms with Crippen molar-refractivity contribution in [2.45, 2.75) is 25.0 Å². The molecule has 1 aromatic heterocycles. The molecule has 5 rings (SSSR count). The maximum Gasteiger partial charge on any atom is 0.253 e. The van der Waals surface area contributed by atoms with Crippen molar-refractivity contribution in [2.24, 2.45) is 11.8 Å². The number of benzene rings is 2. The standard InChI is InChI=1S/C26H27NO5/c1-30-23-5-2-3-6-24(23)32-25-14-20-16-27(15-19(20)13-21(25)28)26(29)18-10-8-17(9-11-18)22-7-4-12-31-22/h2-12,19-21,25,28H,13-16H2,1H3/t19-,20+,21+,25+/m0/s1. The number of aliphatic hydroxyl groups is 1. The fourth-order valence-electron chi connectivity index (χ4n) is 4.96. The summed E-state index contributed by atoms with van der Waals surface area (Å²) in [4.78, 5) is 15.0. The lowest BCUT2D eigenvalue weighted by atomic mass is 9.78. The maximum absolute atomic E-state index is 13.1. The number of ether oxygens (including phenoxy) is 2. The molecule has 0 unspecified atom stereocenters. The summed E-state index contributed by atoms with van der Waals surface area (Å²) in [5.74, 6) is 2.70. The second-order valence-corrected chi connectivity index (χ2v) is 8.63. The van der Waals surface area contributed by atoms with Gasteiger partial charge in [0, 0.05) is 24.2 Å². The number of amides is 1. The van der Waals surface area contributed by atoms with E-state index >= 15 is 0 Å². The van der Waals surface area contributed by atoms with E-state index in [1.54, 1.807) is 13.4 Å². The minimum atomic E-state index is -0.566. The Morgan fingerprint density at radius 1 is 0.969 bits per heavy atom. The van der Waals surface area contributed by atoms with Crippen molar-refractivity contribution in [1.29, 1.82) is 0 Å². The third-order valence-corrected chi connectivity index (χ3v) is 6.66. The summed E-state index contributed by atoms with van der Waals surface area (Å²) >= 11 is 0. The molecule has 1 N–H and O–H groups in total. The molecule has 1 aliphatic heterocycles. The van der Waals surface area contributed by atoms with Crippen LogP contribution in [0.4, 0.5) is 0 Å². The number of rotatable bonds is 5. The van der Waals surface area contributed by atoms with Crippen LogP contribution in [0.2, 0.25) is 0 Å². The van der Waals surface area contributed by atoms with Crippen LogP contribution < -0.4 is 9.47 Å². The monoisotopic (exact) mass is 433 g/mol. The zero-order chi connectivity index (χ0) is 22.1. The number of fused-ring (bicyclic) bond motifs is 1. The number of hydrogen-bond donors (Lipinski definition) is 1. The van der Waals surface area contributed by atoms with E-state index < -0.39 is 6.10 Å². The zero-order valence-electron chi connectivity index (χ0n) is 18.0. The molecule has 1 amide bonds. The number of nitrogens with zero attached hydrogens (tertiary/aromatic N) is 1. The minimum Gasteiger partial charge on any atom is -0.493 e. The van der Waals surface area contributed by atoms with Crippen molar-refractivity contribution in [3.8, 4) is 22.8 Å². The highest BCUT2D eigenvalue weighted by atomic mass is 16.5. The Morgan fingerprint density at radius 3 is 2.38 bits per heavy atom. The van der Waals surface area contributed by atoms with Crippen LogP contribution in [-0.2, 0) is 0 Å². The second-order valence-electron chi connectivity index (χ2n) is 8.63. The number of para-hydroxylation sites is 2. The molecular weight excluding hydrogens is 406 g/mol. The SMILES string of the molecule is COc1ccccc1O[C@@H]1C[C@@H]2CN(C(=O)c3ccc(-c4ccco4)cc3)C[C@@H]2C[C@H]1O. The molecule has 2 aromatic carbocycles. The quantitative estimate of drug-likeness (QED) is 0.651. The number of aliphatic hydroxyl groups excluding tert-OH is 1. The summed E-state index contributed by atoms with van der Waals surface area (Å²) in [7, 11) is 1.61. The maximum atomic E-state index is 13.1. The molecule has 1 saturated heterocycles. The Hall–Kier alpha value is -3.25. The summed E-state index contributed by atoms with van der Waals surface area (Å²) in [5, 5.41) is 10.7. The van der Waals surface area contributed by atoms with Crippen molar-refractivity contribution in [1.82, 2.24) is 4.90 Å². The lowest BCUT2D eigenvalue weighted by Crippen LogP contribution is -2.42. The first kappa shape index (κ1) is 20.6. The van der Waals surface area contributed by atoms with Crippen LogP contribution in [0.5, 0.6) is 11.5 Å². The first-order valence-corrected chi connectivity index (χ1v) is 11.0. The van der Waals surface area contributed by atoms with E-state index in [9.17, 15) is 9.90 Å². The summed E-state index contributed by atoms with van der Waals surface area (Å²) < 4.78 is 16.9. The predicted molar refractivity (Wildman–Crippen MR) is 120 cm³/mol. The van der Waals surface area contributed by atoms with Crippen LogP contribution in [0.1, 0.15) is 23.2 Å². The molecule has 6 heteroatoms. The lowest BCUT2D eigenvalue weighted by Gasteiger charge is -2.35. The van der Waals surface area contributed by atoms with E-state index in [0.717, 1.165) is 11.3 Å². The lowest BCUT2D eigenvalue weighted by molar-refractivity contribution is -0.0240. The van der Waals surface area contributed by atoms with Gasteiger partial charge in [-0.05, 0) is 61.1 Å². The van der Waals surface area contributed by atoms with Gasteiger partial charge in [0.2, 0.25) is 0 Å². The fraction of sp³-hybridized carbons (Fsp3) is 0.346. The predicted octanol–water partition coefficient (Wildman–Crippen LogP) is 4.25. The summed E-state index contributed by atoms with van der Waals surface area (Å²) in [5.41, 5.74) is 1.61. The first-order chi connectivity index (χ1) is 15.6. The Morgan fingerprint density at radius 2 is 1.69 bits per heavy atom. The molecule has 2 fully saturated rings. The molecule has 0 bridgehead atoms. The van der Waals surface area contributed by atoms with Crippen LogP contribution in [0.3, 0.4) is 0 Å². The molecule has 6 nitrogen and oxygen atoms in total. The van der Waals surface area contributed by atoms with Crippen LogP contribution in [-0.4, -0.2) is 48.3 Å². The van der Waals surface area contributed by atoms with E-state index in [1.807, 2.05) is 65.6 Å². The molecular formula is C26H27NO5. The zero-order valence-corrected chi connectivity index (χ0v) is 18.0. The molecule has 1 aliphatic carbocycles. The van der Waals surface area contributed by atoms with Crippen molar-refractivity contribution in [3.63, 3.8) is 0 Å². The molecule has 3 aromatic rings. The Kier molecular flexibility index (Phi) is 5.62. The highest BCUT2D eigenvalue weighted by molar-refractivity contribution is 5.94. The largest absolute Gasteiger partial charge is 0.493 e. The number of carbonyl (C=O) groups excluding carboxylic acids is 1. The molecule has 1 saturated carbocycles. The highest BCUT2D eigenvalue weighted by Gasteiger charge is 2.44. The second kappa shape index (κ2) is 8.71. The molecule has 166 valence electrons. The number of hydrogen-bond acceptors (Lipinski definition) is 5. The van der Waals surface area contributed by atoms with E-state index in [4.69, 9.17) is 13.9 Å². The normalized spacial score (nSPS) is 24.8. The summed E-state index contributed by atoms with van der Waals surface area (Å²) in [6, 6.07) is 18.8. The number of methoxy groups -OCH3 is 1. The average Bonchev–Trinajstić information content (AvgIpc) is 3.49. The van der Waals surface area contributed by atoms with Gasteiger partial charge >= 0.3 is 0 Å². The van der Waals surface area contributed by atoms with Crippen LogP contribution in [0, 0.1) is 11.8 Å². The molecule has 2 aliphatic rings. The van der Waals surface area contributed by atoms with Gasteiger partial charge in [-0.1, -0.05) is 24.3 Å². The smallest absolute Gasteiger partial charge is 0.253 e. The van der Waals surface area contributed by atoms with E-state index in [2.05, 4.69) is 0 Å². The summed E-state index contributed by atoms with van der Waals surface area (Å²) in [6.07, 6.45) is 2.11.